The molecule has 1 heterocycles. The Morgan fingerprint density at radius 1 is 1.00 bits per heavy atom. The first-order chi connectivity index (χ1) is 17.0. The van der Waals surface area contributed by atoms with Crippen molar-refractivity contribution in [1.29, 1.82) is 0 Å². The van der Waals surface area contributed by atoms with Crippen LogP contribution in [0.4, 0.5) is 24.5 Å². The van der Waals surface area contributed by atoms with Crippen LogP contribution in [-0.4, -0.2) is 34.0 Å². The van der Waals surface area contributed by atoms with Gasteiger partial charge in [-0.1, -0.05) is 18.2 Å². The number of nitrogens with one attached hydrogen (secondary N) is 1. The number of halogens is 3. The molecule has 4 rings (SSSR count). The first kappa shape index (κ1) is 25.5. The lowest BCUT2D eigenvalue weighted by atomic mass is 9.82. The zero-order chi connectivity index (χ0) is 26.0. The van der Waals surface area contributed by atoms with Crippen molar-refractivity contribution < 1.29 is 37.5 Å². The fourth-order valence-electron chi connectivity index (χ4n) is 4.18. The van der Waals surface area contributed by atoms with Gasteiger partial charge in [0, 0.05) is 17.0 Å². The first-order valence-electron chi connectivity index (χ1n) is 11.0. The van der Waals surface area contributed by atoms with Crippen molar-refractivity contribution >= 4 is 46.8 Å². The van der Waals surface area contributed by atoms with Crippen molar-refractivity contribution in [3.05, 3.63) is 66.2 Å². The SMILES string of the molecule is O=C(Nc1ccc(S[C@H]2CC(=O)N(c3cccc(C(F)(F)F)c3)C2=O)cc1)[C@H]1CC=CC[C@H]1C(=O)O. The molecule has 3 atom stereocenters. The number of hydrogen-bond donors (Lipinski definition) is 2. The van der Waals surface area contributed by atoms with Gasteiger partial charge in [-0.05, 0) is 55.3 Å². The minimum atomic E-state index is -4.60. The topological polar surface area (TPSA) is 104 Å². The minimum Gasteiger partial charge on any atom is -0.481 e. The van der Waals surface area contributed by atoms with E-state index < -0.39 is 52.5 Å². The van der Waals surface area contributed by atoms with Crippen LogP contribution in [0, 0.1) is 11.8 Å². The standard InChI is InChI=1S/C25H21F3N2O5S/c26-25(27,28)14-4-3-5-16(12-14)30-21(31)13-20(23(30)33)36-17-10-8-15(9-11-17)29-22(32)18-6-1-2-7-19(18)24(34)35/h1-5,8-12,18-20H,6-7,13H2,(H,29,32)(H,34,35)/t18-,19+,20-/m0/s1. The molecule has 0 aromatic heterocycles. The lowest BCUT2D eigenvalue weighted by Crippen LogP contribution is -2.34. The molecule has 2 aromatic rings. The number of hydrogen-bond acceptors (Lipinski definition) is 5. The summed E-state index contributed by atoms with van der Waals surface area (Å²) in [5.74, 6) is -4.11. The predicted molar refractivity (Wildman–Crippen MR) is 126 cm³/mol. The fourth-order valence-corrected chi connectivity index (χ4v) is 5.24. The largest absolute Gasteiger partial charge is 0.481 e. The molecule has 11 heteroatoms. The highest BCUT2D eigenvalue weighted by Crippen LogP contribution is 2.37. The molecule has 0 unspecified atom stereocenters. The summed E-state index contributed by atoms with van der Waals surface area (Å²) in [6, 6.07) is 10.5. The number of imide groups is 1. The second-order valence-corrected chi connectivity index (χ2v) is 9.71. The Hall–Kier alpha value is -3.60. The maximum atomic E-state index is 13.0. The van der Waals surface area contributed by atoms with Crippen LogP contribution in [0.25, 0.3) is 0 Å². The number of carbonyl (C=O) groups excluding carboxylic acids is 3. The Morgan fingerprint density at radius 3 is 2.31 bits per heavy atom. The van der Waals surface area contributed by atoms with Crippen molar-refractivity contribution in [3.63, 3.8) is 0 Å². The number of alkyl halides is 3. The van der Waals surface area contributed by atoms with Gasteiger partial charge in [0.1, 0.15) is 0 Å². The summed E-state index contributed by atoms with van der Waals surface area (Å²) in [6.07, 6.45) is -0.616. The molecule has 3 amide bonds. The summed E-state index contributed by atoms with van der Waals surface area (Å²) in [5, 5.41) is 11.3. The second-order valence-electron chi connectivity index (χ2n) is 8.43. The van der Waals surface area contributed by atoms with Crippen LogP contribution >= 0.6 is 11.8 Å². The third kappa shape index (κ3) is 5.46. The molecule has 36 heavy (non-hydrogen) atoms. The van der Waals surface area contributed by atoms with Gasteiger partial charge in [-0.15, -0.1) is 11.8 Å². The monoisotopic (exact) mass is 518 g/mol. The molecule has 1 saturated heterocycles. The zero-order valence-electron chi connectivity index (χ0n) is 18.7. The van der Waals surface area contributed by atoms with Crippen LogP contribution in [0.15, 0.2) is 65.6 Å². The average molecular weight is 519 g/mol. The molecule has 2 N–H and O–H groups in total. The van der Waals surface area contributed by atoms with E-state index >= 15 is 0 Å². The van der Waals surface area contributed by atoms with Crippen molar-refractivity contribution in [1.82, 2.24) is 0 Å². The molecule has 1 fully saturated rings. The van der Waals surface area contributed by atoms with Crippen LogP contribution < -0.4 is 10.2 Å². The van der Waals surface area contributed by atoms with Gasteiger partial charge in [0.2, 0.25) is 17.7 Å². The molecule has 7 nitrogen and oxygen atoms in total. The van der Waals surface area contributed by atoms with Gasteiger partial charge in [-0.3, -0.25) is 19.2 Å². The number of benzene rings is 2. The van der Waals surface area contributed by atoms with Crippen molar-refractivity contribution in [2.24, 2.45) is 11.8 Å². The minimum absolute atomic E-state index is 0.127. The number of allylic oxidation sites excluding steroid dienone is 2. The molecule has 0 radical (unpaired) electrons. The molecule has 1 aliphatic carbocycles. The highest BCUT2D eigenvalue weighted by atomic mass is 32.2. The summed E-state index contributed by atoms with van der Waals surface area (Å²) in [5.41, 5.74) is -0.631. The summed E-state index contributed by atoms with van der Waals surface area (Å²) in [7, 11) is 0. The number of thioether (sulfide) groups is 1. The number of amides is 3. The van der Waals surface area contributed by atoms with E-state index in [4.69, 9.17) is 0 Å². The Bertz CT molecular complexity index is 1230. The van der Waals surface area contributed by atoms with Crippen molar-refractivity contribution in [2.75, 3.05) is 10.2 Å². The van der Waals surface area contributed by atoms with Crippen LogP contribution in [0.5, 0.6) is 0 Å². The highest BCUT2D eigenvalue weighted by Gasteiger charge is 2.41. The van der Waals surface area contributed by atoms with Gasteiger partial charge in [0.05, 0.1) is 28.3 Å². The predicted octanol–water partition coefficient (Wildman–Crippen LogP) is 4.74. The molecular weight excluding hydrogens is 497 g/mol. The average Bonchev–Trinajstić information content (AvgIpc) is 3.12. The summed E-state index contributed by atoms with van der Waals surface area (Å²) in [6.45, 7) is 0. The van der Waals surface area contributed by atoms with Gasteiger partial charge in [0.15, 0.2) is 0 Å². The highest BCUT2D eigenvalue weighted by molar-refractivity contribution is 8.00. The lowest BCUT2D eigenvalue weighted by Gasteiger charge is -2.24. The lowest BCUT2D eigenvalue weighted by molar-refractivity contribution is -0.146. The molecule has 0 bridgehead atoms. The third-order valence-corrected chi connectivity index (χ3v) is 7.22. The van der Waals surface area contributed by atoms with Crippen LogP contribution in [0.2, 0.25) is 0 Å². The van der Waals surface area contributed by atoms with Crippen LogP contribution in [-0.2, 0) is 25.4 Å². The van der Waals surface area contributed by atoms with E-state index in [1.165, 1.54) is 6.07 Å². The maximum absolute atomic E-state index is 13.0. The van der Waals surface area contributed by atoms with E-state index in [0.29, 0.717) is 17.0 Å². The van der Waals surface area contributed by atoms with Crippen molar-refractivity contribution in [3.8, 4) is 0 Å². The molecule has 2 aliphatic rings. The first-order valence-corrected chi connectivity index (χ1v) is 11.9. The Balaban J connectivity index is 1.41. The van der Waals surface area contributed by atoms with E-state index in [1.807, 2.05) is 0 Å². The van der Waals surface area contributed by atoms with Crippen LogP contribution in [0.3, 0.4) is 0 Å². The normalized spacial score (nSPS) is 22.1. The molecule has 188 valence electrons. The number of anilines is 2. The number of carboxylic acids is 1. The van der Waals surface area contributed by atoms with E-state index in [2.05, 4.69) is 5.32 Å². The molecule has 0 spiro atoms. The van der Waals surface area contributed by atoms with Gasteiger partial charge in [-0.25, -0.2) is 4.90 Å². The molecule has 2 aromatic carbocycles. The van der Waals surface area contributed by atoms with E-state index in [9.17, 15) is 37.5 Å². The Morgan fingerprint density at radius 2 is 1.67 bits per heavy atom. The smallest absolute Gasteiger partial charge is 0.416 e. The maximum Gasteiger partial charge on any atom is 0.416 e. The molecule has 1 aliphatic heterocycles. The van der Waals surface area contributed by atoms with E-state index in [0.717, 1.165) is 34.9 Å². The quantitative estimate of drug-likeness (QED) is 0.423. The number of aliphatic carboxylic acids is 1. The number of rotatable bonds is 6. The van der Waals surface area contributed by atoms with Crippen molar-refractivity contribution in [2.45, 2.75) is 35.6 Å². The fraction of sp³-hybridized carbons (Fsp3) is 0.280. The molecule has 0 saturated carbocycles. The number of nitrogens with zero attached hydrogens (tertiary/aromatic N) is 1. The Kier molecular flexibility index (Phi) is 7.21. The van der Waals surface area contributed by atoms with Crippen LogP contribution in [0.1, 0.15) is 24.8 Å². The number of carboxylic acid groups (broad SMARTS) is 1. The molecular formula is C25H21F3N2O5S. The number of carbonyl (C=O) groups is 4. The second kappa shape index (κ2) is 10.2. The van der Waals surface area contributed by atoms with E-state index in [1.54, 1.807) is 36.4 Å². The van der Waals surface area contributed by atoms with Gasteiger partial charge in [-0.2, -0.15) is 13.2 Å². The van der Waals surface area contributed by atoms with Gasteiger partial charge >= 0.3 is 12.1 Å². The van der Waals surface area contributed by atoms with E-state index in [-0.39, 0.29) is 18.5 Å². The summed E-state index contributed by atoms with van der Waals surface area (Å²) in [4.78, 5) is 50.8. The summed E-state index contributed by atoms with van der Waals surface area (Å²) < 4.78 is 39.1. The third-order valence-electron chi connectivity index (χ3n) is 6.02. The Labute approximate surface area is 208 Å². The van der Waals surface area contributed by atoms with Gasteiger partial charge in [0.25, 0.3) is 0 Å². The van der Waals surface area contributed by atoms with Gasteiger partial charge < -0.3 is 10.4 Å². The zero-order valence-corrected chi connectivity index (χ0v) is 19.5. The summed E-state index contributed by atoms with van der Waals surface area (Å²) >= 11 is 1.10.